The van der Waals surface area contributed by atoms with Crippen LogP contribution < -0.4 is 15.8 Å². The molecule has 148 valence electrons. The lowest BCUT2D eigenvalue weighted by molar-refractivity contribution is -0.122. The van der Waals surface area contributed by atoms with Gasteiger partial charge >= 0.3 is 5.97 Å². The van der Waals surface area contributed by atoms with E-state index in [0.717, 1.165) is 50.3 Å². The minimum absolute atomic E-state index is 0.0875. The molecule has 1 N–H and O–H groups in total. The Morgan fingerprint density at radius 3 is 2.59 bits per heavy atom. The molecule has 1 amide bonds. The van der Waals surface area contributed by atoms with Crippen molar-refractivity contribution in [3.05, 3.63) is 28.2 Å². The van der Waals surface area contributed by atoms with Gasteiger partial charge in [0.25, 0.3) is 5.56 Å². The molecule has 0 atom stereocenters. The first-order valence-electron chi connectivity index (χ1n) is 9.53. The van der Waals surface area contributed by atoms with E-state index >= 15 is 0 Å². The third-order valence-electron chi connectivity index (χ3n) is 5.12. The highest BCUT2D eigenvalue weighted by molar-refractivity contribution is 7.99. The zero-order chi connectivity index (χ0) is 19.2. The number of nitrogens with zero attached hydrogens (tertiary/aromatic N) is 2. The van der Waals surface area contributed by atoms with E-state index in [2.05, 4.69) is 5.32 Å². The number of rotatable bonds is 5. The molecule has 2 fully saturated rings. The van der Waals surface area contributed by atoms with Crippen LogP contribution in [0.1, 0.15) is 42.5 Å². The van der Waals surface area contributed by atoms with Gasteiger partial charge in [0.15, 0.2) is 0 Å². The number of amides is 1. The van der Waals surface area contributed by atoms with E-state index in [-0.39, 0.29) is 29.6 Å². The van der Waals surface area contributed by atoms with E-state index in [9.17, 15) is 14.4 Å². The van der Waals surface area contributed by atoms with Gasteiger partial charge in [0.1, 0.15) is 12.2 Å². The summed E-state index contributed by atoms with van der Waals surface area (Å²) in [5.41, 5.74) is 0.507. The van der Waals surface area contributed by atoms with Crippen LogP contribution in [0.4, 0.5) is 5.69 Å². The number of pyridine rings is 1. The fourth-order valence-electron chi connectivity index (χ4n) is 3.67. The molecule has 1 aromatic heterocycles. The molecule has 2 heterocycles. The van der Waals surface area contributed by atoms with E-state index in [1.165, 1.54) is 24.3 Å². The lowest BCUT2D eigenvalue weighted by Gasteiger charge is -2.28. The SMILES string of the molecule is COC(=O)c1cc(N2CCSCC2)c(=O)n(CC(=O)NC2CCCCC2)c1. The van der Waals surface area contributed by atoms with Gasteiger partial charge < -0.3 is 19.5 Å². The maximum absolute atomic E-state index is 12.9. The first kappa shape index (κ1) is 19.8. The molecular formula is C19H27N3O4S. The highest BCUT2D eigenvalue weighted by Crippen LogP contribution is 2.19. The average molecular weight is 394 g/mol. The van der Waals surface area contributed by atoms with Crippen LogP contribution in [0, 0.1) is 0 Å². The smallest absolute Gasteiger partial charge is 0.339 e. The van der Waals surface area contributed by atoms with Crippen LogP contribution in [0.3, 0.4) is 0 Å². The molecule has 3 rings (SSSR count). The molecule has 1 aromatic rings. The number of carbonyl (C=O) groups is 2. The number of methoxy groups -OCH3 is 1. The summed E-state index contributed by atoms with van der Waals surface area (Å²) in [5, 5.41) is 3.02. The van der Waals surface area contributed by atoms with Crippen LogP contribution in [0.15, 0.2) is 17.1 Å². The number of nitrogens with one attached hydrogen (secondary N) is 1. The van der Waals surface area contributed by atoms with Crippen LogP contribution in [-0.4, -0.2) is 54.2 Å². The number of carbonyl (C=O) groups excluding carboxylic acids is 2. The molecule has 0 unspecified atom stereocenters. The zero-order valence-electron chi connectivity index (χ0n) is 15.7. The maximum atomic E-state index is 12.9. The monoisotopic (exact) mass is 393 g/mol. The van der Waals surface area contributed by atoms with Crippen LogP contribution in [-0.2, 0) is 16.1 Å². The summed E-state index contributed by atoms with van der Waals surface area (Å²) in [5.74, 6) is 1.17. The number of hydrogen-bond donors (Lipinski definition) is 1. The number of aromatic nitrogens is 1. The minimum atomic E-state index is -0.510. The third kappa shape index (κ3) is 5.06. The molecule has 2 aliphatic rings. The largest absolute Gasteiger partial charge is 0.465 e. The summed E-state index contributed by atoms with van der Waals surface area (Å²) < 4.78 is 6.16. The molecule has 8 heteroatoms. The summed E-state index contributed by atoms with van der Waals surface area (Å²) in [6, 6.07) is 1.77. The van der Waals surface area contributed by atoms with Crippen LogP contribution in [0.5, 0.6) is 0 Å². The Morgan fingerprint density at radius 1 is 1.22 bits per heavy atom. The number of anilines is 1. The van der Waals surface area contributed by atoms with E-state index in [1.54, 1.807) is 6.07 Å². The van der Waals surface area contributed by atoms with E-state index in [4.69, 9.17) is 4.74 Å². The van der Waals surface area contributed by atoms with Crippen LogP contribution >= 0.6 is 11.8 Å². The van der Waals surface area contributed by atoms with E-state index in [0.29, 0.717) is 5.69 Å². The second kappa shape index (κ2) is 9.30. The fourth-order valence-corrected chi connectivity index (χ4v) is 4.58. The average Bonchev–Trinajstić information content (AvgIpc) is 2.70. The molecule has 0 bridgehead atoms. The van der Waals surface area contributed by atoms with Gasteiger partial charge in [-0.25, -0.2) is 4.79 Å². The lowest BCUT2D eigenvalue weighted by Crippen LogP contribution is -2.42. The third-order valence-corrected chi connectivity index (χ3v) is 6.07. The molecule has 7 nitrogen and oxygen atoms in total. The second-order valence-corrected chi connectivity index (χ2v) is 8.27. The summed E-state index contributed by atoms with van der Waals surface area (Å²) in [6.45, 7) is 1.41. The molecule has 0 radical (unpaired) electrons. The first-order valence-corrected chi connectivity index (χ1v) is 10.7. The molecular weight excluding hydrogens is 366 g/mol. The molecule has 0 spiro atoms. The van der Waals surface area contributed by atoms with Crippen molar-refractivity contribution < 1.29 is 14.3 Å². The Morgan fingerprint density at radius 2 is 1.93 bits per heavy atom. The van der Waals surface area contributed by atoms with Crippen molar-refractivity contribution in [1.29, 1.82) is 0 Å². The van der Waals surface area contributed by atoms with Crippen molar-refractivity contribution in [2.75, 3.05) is 36.6 Å². The Bertz CT molecular complexity index is 737. The van der Waals surface area contributed by atoms with Gasteiger partial charge in [0, 0.05) is 36.8 Å². The Labute approximate surface area is 163 Å². The van der Waals surface area contributed by atoms with E-state index < -0.39 is 5.97 Å². The normalized spacial score (nSPS) is 18.2. The minimum Gasteiger partial charge on any atom is -0.465 e. The van der Waals surface area contributed by atoms with Gasteiger partial charge in [-0.3, -0.25) is 9.59 Å². The Hall–Kier alpha value is -1.96. The molecule has 0 aromatic carbocycles. The van der Waals surface area contributed by atoms with Crippen molar-refractivity contribution in [1.82, 2.24) is 9.88 Å². The van der Waals surface area contributed by atoms with Crippen molar-refractivity contribution >= 4 is 29.3 Å². The Kier molecular flexibility index (Phi) is 6.82. The molecule has 1 aliphatic carbocycles. The molecule has 1 aliphatic heterocycles. The highest BCUT2D eigenvalue weighted by Gasteiger charge is 2.21. The Balaban J connectivity index is 1.82. The predicted molar refractivity (Wildman–Crippen MR) is 107 cm³/mol. The summed E-state index contributed by atoms with van der Waals surface area (Å²) in [4.78, 5) is 39.4. The predicted octanol–water partition coefficient (Wildman–Crippen LogP) is 1.64. The topological polar surface area (TPSA) is 80.6 Å². The van der Waals surface area contributed by atoms with E-state index in [1.807, 2.05) is 16.7 Å². The van der Waals surface area contributed by atoms with Crippen LogP contribution in [0.2, 0.25) is 0 Å². The summed E-state index contributed by atoms with van der Waals surface area (Å²) in [7, 11) is 1.31. The standard InChI is InChI=1S/C19H27N3O4S/c1-26-19(25)14-11-16(21-7-9-27-10-8-21)18(24)22(12-14)13-17(23)20-15-5-3-2-4-6-15/h11-12,15H,2-10,13H2,1H3,(H,20,23). The van der Waals surface area contributed by atoms with Gasteiger partial charge in [-0.15, -0.1) is 0 Å². The number of thioether (sulfide) groups is 1. The molecule has 1 saturated heterocycles. The van der Waals surface area contributed by atoms with Crippen LogP contribution in [0.25, 0.3) is 0 Å². The van der Waals surface area contributed by atoms with Crippen molar-refractivity contribution in [3.63, 3.8) is 0 Å². The van der Waals surface area contributed by atoms with Gasteiger partial charge in [0.2, 0.25) is 5.91 Å². The molecule has 27 heavy (non-hydrogen) atoms. The van der Waals surface area contributed by atoms with Crippen molar-refractivity contribution in [3.8, 4) is 0 Å². The van der Waals surface area contributed by atoms with Crippen molar-refractivity contribution in [2.24, 2.45) is 0 Å². The van der Waals surface area contributed by atoms with Gasteiger partial charge in [-0.05, 0) is 18.9 Å². The summed E-state index contributed by atoms with van der Waals surface area (Å²) in [6.07, 6.45) is 6.86. The first-order chi connectivity index (χ1) is 13.1. The quantitative estimate of drug-likeness (QED) is 0.766. The lowest BCUT2D eigenvalue weighted by atomic mass is 9.95. The molecule has 1 saturated carbocycles. The van der Waals surface area contributed by atoms with Gasteiger partial charge in [-0.1, -0.05) is 19.3 Å². The second-order valence-electron chi connectivity index (χ2n) is 7.04. The fraction of sp³-hybridized carbons (Fsp3) is 0.632. The zero-order valence-corrected chi connectivity index (χ0v) is 16.6. The number of esters is 1. The number of hydrogen-bond acceptors (Lipinski definition) is 6. The van der Waals surface area contributed by atoms with Crippen molar-refractivity contribution in [2.45, 2.75) is 44.7 Å². The maximum Gasteiger partial charge on any atom is 0.339 e. The van der Waals surface area contributed by atoms with Gasteiger partial charge in [-0.2, -0.15) is 11.8 Å². The number of ether oxygens (including phenoxy) is 1. The highest BCUT2D eigenvalue weighted by atomic mass is 32.2. The summed E-state index contributed by atoms with van der Waals surface area (Å²) >= 11 is 1.84. The van der Waals surface area contributed by atoms with Gasteiger partial charge in [0.05, 0.1) is 12.7 Å².